The van der Waals surface area contributed by atoms with Crippen LogP contribution in [0.25, 0.3) is 0 Å². The molecule has 1 aromatic carbocycles. The van der Waals surface area contributed by atoms with Crippen molar-refractivity contribution in [2.24, 2.45) is 0 Å². The molecule has 1 nitrogen and oxygen atoms in total. The normalized spacial score (nSPS) is 32.4. The van der Waals surface area contributed by atoms with E-state index in [4.69, 9.17) is 4.74 Å². The van der Waals surface area contributed by atoms with Crippen LogP contribution in [-0.4, -0.2) is 11.7 Å². The van der Waals surface area contributed by atoms with E-state index in [1.807, 2.05) is 30.3 Å². The summed E-state index contributed by atoms with van der Waals surface area (Å²) in [6.45, 7) is 0. The molecule has 3 rings (SSSR count). The topological polar surface area (TPSA) is 12.5 Å². The first kappa shape index (κ1) is 9.00. The third-order valence-corrected chi connectivity index (χ3v) is 3.27. The molecule has 76 valence electrons. The molecule has 1 saturated heterocycles. The molecule has 2 unspecified atom stereocenters. The Kier molecular flexibility index (Phi) is 2.04. The Morgan fingerprint density at radius 1 is 1.20 bits per heavy atom. The molecule has 1 heterocycles. The molecule has 0 radical (unpaired) electrons. The third-order valence-electron chi connectivity index (χ3n) is 3.27. The number of rotatable bonds is 0. The minimum Gasteiger partial charge on any atom is -0.352 e. The first-order chi connectivity index (χ1) is 7.39. The highest BCUT2D eigenvalue weighted by molar-refractivity contribution is 5.39. The molecule has 15 heavy (non-hydrogen) atoms. The summed E-state index contributed by atoms with van der Waals surface area (Å²) in [4.78, 5) is 0. The largest absolute Gasteiger partial charge is 0.352 e. The Morgan fingerprint density at radius 2 is 2.07 bits per heavy atom. The van der Waals surface area contributed by atoms with Crippen molar-refractivity contribution in [1.82, 2.24) is 0 Å². The van der Waals surface area contributed by atoms with Crippen LogP contribution in [0.5, 0.6) is 0 Å². The van der Waals surface area contributed by atoms with Crippen molar-refractivity contribution in [3.63, 3.8) is 0 Å². The van der Waals surface area contributed by atoms with Crippen LogP contribution >= 0.6 is 0 Å². The molecule has 1 saturated carbocycles. The molecule has 2 atom stereocenters. The standard InChI is InChI=1S/C14H14O/c1-2-6-12(7-3-1)9-11-14-10-5-4-8-13(14)15-14/h1-3,6-7,13H,4-5,8,10H2. The highest BCUT2D eigenvalue weighted by Crippen LogP contribution is 2.47. The SMILES string of the molecule is C(#CC12CCCCC1O2)c1ccccc1. The zero-order chi connectivity index (χ0) is 10.1. The van der Waals surface area contributed by atoms with E-state index in [1.54, 1.807) is 0 Å². The molecule has 0 N–H and O–H groups in total. The van der Waals surface area contributed by atoms with E-state index in [-0.39, 0.29) is 5.60 Å². The molecular formula is C14H14O. The van der Waals surface area contributed by atoms with E-state index in [9.17, 15) is 0 Å². The summed E-state index contributed by atoms with van der Waals surface area (Å²) in [5.41, 5.74) is 1.03. The highest BCUT2D eigenvalue weighted by atomic mass is 16.6. The fourth-order valence-electron chi connectivity index (χ4n) is 2.32. The number of epoxide rings is 1. The third kappa shape index (κ3) is 1.66. The van der Waals surface area contributed by atoms with Crippen molar-refractivity contribution in [2.75, 3.05) is 0 Å². The predicted molar refractivity (Wildman–Crippen MR) is 59.4 cm³/mol. The molecule has 0 amide bonds. The Bertz CT molecular complexity index is 412. The maximum Gasteiger partial charge on any atom is 0.155 e. The Morgan fingerprint density at radius 3 is 2.87 bits per heavy atom. The molecular weight excluding hydrogens is 184 g/mol. The first-order valence-electron chi connectivity index (χ1n) is 5.65. The number of fused-ring (bicyclic) bond motifs is 1. The van der Waals surface area contributed by atoms with Gasteiger partial charge in [-0.25, -0.2) is 0 Å². The van der Waals surface area contributed by atoms with Crippen LogP contribution in [-0.2, 0) is 4.74 Å². The highest BCUT2D eigenvalue weighted by Gasteiger charge is 2.56. The first-order valence-corrected chi connectivity index (χ1v) is 5.65. The van der Waals surface area contributed by atoms with Gasteiger partial charge in [-0.1, -0.05) is 36.5 Å². The lowest BCUT2D eigenvalue weighted by molar-refractivity contribution is 0.336. The Balaban J connectivity index is 1.79. The van der Waals surface area contributed by atoms with Crippen molar-refractivity contribution < 1.29 is 4.74 Å². The van der Waals surface area contributed by atoms with Gasteiger partial charge in [0, 0.05) is 5.56 Å². The fraction of sp³-hybridized carbons (Fsp3) is 0.429. The van der Waals surface area contributed by atoms with Crippen LogP contribution in [0.4, 0.5) is 0 Å². The summed E-state index contributed by atoms with van der Waals surface area (Å²) >= 11 is 0. The lowest BCUT2D eigenvalue weighted by Gasteiger charge is -2.10. The number of ether oxygens (including phenoxy) is 1. The second-order valence-corrected chi connectivity index (χ2v) is 4.36. The van der Waals surface area contributed by atoms with Crippen LogP contribution in [0.15, 0.2) is 30.3 Å². The summed E-state index contributed by atoms with van der Waals surface area (Å²) in [6, 6.07) is 10.1. The van der Waals surface area contributed by atoms with E-state index in [1.165, 1.54) is 19.3 Å². The lowest BCUT2D eigenvalue weighted by atomic mass is 9.89. The zero-order valence-electron chi connectivity index (χ0n) is 8.70. The fourth-order valence-corrected chi connectivity index (χ4v) is 2.32. The van der Waals surface area contributed by atoms with Crippen LogP contribution in [0.2, 0.25) is 0 Å². The van der Waals surface area contributed by atoms with Gasteiger partial charge in [0.15, 0.2) is 5.60 Å². The molecule has 1 aliphatic heterocycles. The van der Waals surface area contributed by atoms with Crippen LogP contribution in [0, 0.1) is 11.8 Å². The summed E-state index contributed by atoms with van der Waals surface area (Å²) < 4.78 is 5.71. The van der Waals surface area contributed by atoms with Gasteiger partial charge >= 0.3 is 0 Å². The number of hydrogen-bond acceptors (Lipinski definition) is 1. The average Bonchev–Trinajstić information content (AvgIpc) is 3.03. The van der Waals surface area contributed by atoms with Crippen molar-refractivity contribution >= 4 is 0 Å². The maximum absolute atomic E-state index is 5.71. The van der Waals surface area contributed by atoms with Crippen LogP contribution < -0.4 is 0 Å². The van der Waals surface area contributed by atoms with Gasteiger partial charge in [0.05, 0.1) is 6.10 Å². The minimum absolute atomic E-state index is 0.0614. The Hall–Kier alpha value is -1.26. The molecule has 1 aliphatic carbocycles. The van der Waals surface area contributed by atoms with Crippen molar-refractivity contribution in [3.8, 4) is 11.8 Å². The van der Waals surface area contributed by atoms with E-state index >= 15 is 0 Å². The van der Waals surface area contributed by atoms with E-state index in [2.05, 4.69) is 11.8 Å². The predicted octanol–water partition coefficient (Wildman–Crippen LogP) is 2.75. The summed E-state index contributed by atoms with van der Waals surface area (Å²) in [5.74, 6) is 6.54. The van der Waals surface area contributed by atoms with Crippen LogP contribution in [0.3, 0.4) is 0 Å². The maximum atomic E-state index is 5.71. The average molecular weight is 198 g/mol. The van der Waals surface area contributed by atoms with Crippen LogP contribution in [0.1, 0.15) is 31.2 Å². The molecule has 2 aliphatic rings. The van der Waals surface area contributed by atoms with Crippen molar-refractivity contribution in [3.05, 3.63) is 35.9 Å². The quantitative estimate of drug-likeness (QED) is 0.461. The second-order valence-electron chi connectivity index (χ2n) is 4.36. The Labute approximate surface area is 90.5 Å². The molecule has 1 heteroatoms. The summed E-state index contributed by atoms with van der Waals surface area (Å²) in [6.07, 6.45) is 5.32. The molecule has 1 aromatic rings. The number of benzene rings is 1. The van der Waals surface area contributed by atoms with Gasteiger partial charge in [0.1, 0.15) is 0 Å². The smallest absolute Gasteiger partial charge is 0.155 e. The van der Waals surface area contributed by atoms with E-state index in [0.29, 0.717) is 6.10 Å². The van der Waals surface area contributed by atoms with Gasteiger partial charge in [0.25, 0.3) is 0 Å². The van der Waals surface area contributed by atoms with Gasteiger partial charge in [-0.3, -0.25) is 0 Å². The minimum atomic E-state index is -0.0614. The number of hydrogen-bond donors (Lipinski definition) is 0. The second kappa shape index (κ2) is 3.40. The van der Waals surface area contributed by atoms with Gasteiger partial charge in [-0.05, 0) is 31.4 Å². The summed E-state index contributed by atoms with van der Waals surface area (Å²) in [5, 5.41) is 0. The van der Waals surface area contributed by atoms with Gasteiger partial charge < -0.3 is 4.74 Å². The van der Waals surface area contributed by atoms with E-state index in [0.717, 1.165) is 12.0 Å². The van der Waals surface area contributed by atoms with Gasteiger partial charge in [0.2, 0.25) is 0 Å². The monoisotopic (exact) mass is 198 g/mol. The van der Waals surface area contributed by atoms with E-state index < -0.39 is 0 Å². The zero-order valence-corrected chi connectivity index (χ0v) is 8.70. The molecule has 0 spiro atoms. The van der Waals surface area contributed by atoms with Crippen molar-refractivity contribution in [2.45, 2.75) is 37.4 Å². The summed E-state index contributed by atoms with van der Waals surface area (Å²) in [7, 11) is 0. The molecule has 0 bridgehead atoms. The lowest BCUT2D eigenvalue weighted by Crippen LogP contribution is -2.16. The van der Waals surface area contributed by atoms with Gasteiger partial charge in [-0.15, -0.1) is 0 Å². The van der Waals surface area contributed by atoms with Gasteiger partial charge in [-0.2, -0.15) is 0 Å². The van der Waals surface area contributed by atoms with Crippen molar-refractivity contribution in [1.29, 1.82) is 0 Å². The molecule has 0 aromatic heterocycles. The molecule has 2 fully saturated rings.